The molecular formula is C12H8FIOS. The quantitative estimate of drug-likeness (QED) is 0.593. The summed E-state index contributed by atoms with van der Waals surface area (Å²) in [4.78, 5) is 12.0. The van der Waals surface area contributed by atoms with Gasteiger partial charge in [0.15, 0.2) is 5.78 Å². The van der Waals surface area contributed by atoms with Gasteiger partial charge in [-0.15, -0.1) is 11.3 Å². The molecule has 2 rings (SSSR count). The van der Waals surface area contributed by atoms with Crippen molar-refractivity contribution in [3.8, 4) is 0 Å². The van der Waals surface area contributed by atoms with E-state index in [1.54, 1.807) is 24.4 Å². The molecule has 0 spiro atoms. The molecular weight excluding hydrogens is 338 g/mol. The van der Waals surface area contributed by atoms with Gasteiger partial charge in [-0.25, -0.2) is 4.39 Å². The number of ketones is 1. The molecule has 0 aliphatic carbocycles. The van der Waals surface area contributed by atoms with Gasteiger partial charge < -0.3 is 0 Å². The maximum absolute atomic E-state index is 13.3. The van der Waals surface area contributed by atoms with Crippen LogP contribution in [-0.2, 0) is 0 Å². The van der Waals surface area contributed by atoms with E-state index in [4.69, 9.17) is 0 Å². The fourth-order valence-electron chi connectivity index (χ4n) is 1.33. The van der Waals surface area contributed by atoms with Gasteiger partial charge in [0.05, 0.1) is 2.88 Å². The number of thiophene rings is 1. The van der Waals surface area contributed by atoms with Crippen LogP contribution in [-0.4, -0.2) is 5.78 Å². The van der Waals surface area contributed by atoms with E-state index in [0.29, 0.717) is 16.7 Å². The van der Waals surface area contributed by atoms with E-state index in [1.807, 2.05) is 6.07 Å². The summed E-state index contributed by atoms with van der Waals surface area (Å²) in [7, 11) is 0. The molecule has 0 N–H and O–H groups in total. The Labute approximate surface area is 110 Å². The highest BCUT2D eigenvalue weighted by Crippen LogP contribution is 2.20. The van der Waals surface area contributed by atoms with Gasteiger partial charge in [0, 0.05) is 16.5 Å². The highest BCUT2D eigenvalue weighted by atomic mass is 127. The van der Waals surface area contributed by atoms with Crippen molar-refractivity contribution in [2.75, 3.05) is 0 Å². The summed E-state index contributed by atoms with van der Waals surface area (Å²) in [6.07, 6.45) is 0. The van der Waals surface area contributed by atoms with Gasteiger partial charge in [-0.05, 0) is 47.2 Å². The normalized spacial score (nSPS) is 10.4. The number of hydrogen-bond acceptors (Lipinski definition) is 2. The molecule has 0 amide bonds. The Bertz CT molecular complexity index is 548. The van der Waals surface area contributed by atoms with Gasteiger partial charge >= 0.3 is 0 Å². The lowest BCUT2D eigenvalue weighted by atomic mass is 10.0. The first kappa shape index (κ1) is 11.7. The Hall–Kier alpha value is -0.750. The molecule has 2 aromatic rings. The van der Waals surface area contributed by atoms with Crippen molar-refractivity contribution in [2.45, 2.75) is 6.92 Å². The van der Waals surface area contributed by atoms with Gasteiger partial charge in [0.1, 0.15) is 5.82 Å². The molecule has 0 fully saturated rings. The number of aryl methyl sites for hydroxylation is 1. The van der Waals surface area contributed by atoms with Crippen molar-refractivity contribution in [1.82, 2.24) is 0 Å². The van der Waals surface area contributed by atoms with Crippen molar-refractivity contribution in [1.29, 1.82) is 0 Å². The monoisotopic (exact) mass is 346 g/mol. The molecule has 16 heavy (non-hydrogen) atoms. The highest BCUT2D eigenvalue weighted by molar-refractivity contribution is 14.1. The molecule has 4 heteroatoms. The molecule has 1 aromatic carbocycles. The number of benzene rings is 1. The Morgan fingerprint density at radius 2 is 2.06 bits per heavy atom. The molecule has 0 saturated carbocycles. The van der Waals surface area contributed by atoms with Crippen LogP contribution in [0, 0.1) is 15.6 Å². The first-order chi connectivity index (χ1) is 7.58. The third kappa shape index (κ3) is 2.32. The maximum Gasteiger partial charge on any atom is 0.194 e. The van der Waals surface area contributed by atoms with Gasteiger partial charge in [-0.2, -0.15) is 0 Å². The standard InChI is InChI=1S/C12H8FIOS/c1-7-2-3-8(4-10(7)13)12(15)9-5-11(14)16-6-9/h2-6H,1H3. The van der Waals surface area contributed by atoms with Crippen molar-refractivity contribution < 1.29 is 9.18 Å². The van der Waals surface area contributed by atoms with Crippen LogP contribution >= 0.6 is 33.9 Å². The lowest BCUT2D eigenvalue weighted by Gasteiger charge is -2.00. The molecule has 1 aromatic heterocycles. The summed E-state index contributed by atoms with van der Waals surface area (Å²) in [5.41, 5.74) is 1.58. The number of halogens is 2. The number of carbonyl (C=O) groups excluding carboxylic acids is 1. The third-order valence-electron chi connectivity index (χ3n) is 2.26. The first-order valence-corrected chi connectivity index (χ1v) is 6.58. The summed E-state index contributed by atoms with van der Waals surface area (Å²) in [6, 6.07) is 6.39. The van der Waals surface area contributed by atoms with E-state index >= 15 is 0 Å². The van der Waals surface area contributed by atoms with Gasteiger partial charge in [-0.1, -0.05) is 12.1 Å². The fourth-order valence-corrected chi connectivity index (χ4v) is 2.66. The molecule has 1 heterocycles. The number of carbonyl (C=O) groups is 1. The lowest BCUT2D eigenvalue weighted by molar-refractivity contribution is 0.103. The van der Waals surface area contributed by atoms with Crippen LogP contribution < -0.4 is 0 Å². The van der Waals surface area contributed by atoms with Crippen LogP contribution in [0.25, 0.3) is 0 Å². The maximum atomic E-state index is 13.3. The summed E-state index contributed by atoms with van der Waals surface area (Å²) in [5, 5.41) is 1.79. The Morgan fingerprint density at radius 3 is 2.62 bits per heavy atom. The van der Waals surface area contributed by atoms with E-state index in [1.165, 1.54) is 17.4 Å². The second-order valence-electron chi connectivity index (χ2n) is 3.43. The molecule has 0 atom stereocenters. The minimum Gasteiger partial charge on any atom is -0.289 e. The van der Waals surface area contributed by atoms with Gasteiger partial charge in [0.25, 0.3) is 0 Å². The SMILES string of the molecule is Cc1ccc(C(=O)c2csc(I)c2)cc1F. The van der Waals surface area contributed by atoms with Gasteiger partial charge in [-0.3, -0.25) is 4.79 Å². The lowest BCUT2D eigenvalue weighted by Crippen LogP contribution is -2.00. The van der Waals surface area contributed by atoms with E-state index in [2.05, 4.69) is 22.6 Å². The molecule has 0 unspecified atom stereocenters. The average Bonchev–Trinajstić information content (AvgIpc) is 2.68. The Morgan fingerprint density at radius 1 is 1.31 bits per heavy atom. The molecule has 1 nitrogen and oxygen atoms in total. The first-order valence-electron chi connectivity index (χ1n) is 4.63. The van der Waals surface area contributed by atoms with Crippen molar-refractivity contribution in [3.05, 3.63) is 55.0 Å². The van der Waals surface area contributed by atoms with Crippen molar-refractivity contribution in [2.24, 2.45) is 0 Å². The Balaban J connectivity index is 2.38. The summed E-state index contributed by atoms with van der Waals surface area (Å²) < 4.78 is 14.4. The largest absolute Gasteiger partial charge is 0.289 e. The molecule has 0 radical (unpaired) electrons. The Kier molecular flexibility index (Phi) is 3.39. The zero-order chi connectivity index (χ0) is 11.7. The van der Waals surface area contributed by atoms with E-state index in [9.17, 15) is 9.18 Å². The van der Waals surface area contributed by atoms with Crippen LogP contribution in [0.3, 0.4) is 0 Å². The molecule has 0 aliphatic heterocycles. The van der Waals surface area contributed by atoms with Crippen molar-refractivity contribution in [3.63, 3.8) is 0 Å². The minimum atomic E-state index is -0.337. The fraction of sp³-hybridized carbons (Fsp3) is 0.0833. The zero-order valence-electron chi connectivity index (χ0n) is 8.46. The smallest absolute Gasteiger partial charge is 0.194 e. The van der Waals surface area contributed by atoms with Crippen LogP contribution in [0.15, 0.2) is 29.6 Å². The predicted molar refractivity (Wildman–Crippen MR) is 71.6 cm³/mol. The number of hydrogen-bond donors (Lipinski definition) is 0. The summed E-state index contributed by atoms with van der Waals surface area (Å²) in [5.74, 6) is -0.464. The highest BCUT2D eigenvalue weighted by Gasteiger charge is 2.12. The summed E-state index contributed by atoms with van der Waals surface area (Å²) in [6.45, 7) is 1.68. The molecule has 0 saturated heterocycles. The minimum absolute atomic E-state index is 0.127. The molecule has 82 valence electrons. The topological polar surface area (TPSA) is 17.1 Å². The average molecular weight is 346 g/mol. The predicted octanol–water partition coefficient (Wildman–Crippen LogP) is 4.03. The second kappa shape index (κ2) is 4.63. The summed E-state index contributed by atoms with van der Waals surface area (Å²) >= 11 is 3.66. The molecule has 0 bridgehead atoms. The van der Waals surface area contributed by atoms with Crippen molar-refractivity contribution >= 4 is 39.7 Å². The number of rotatable bonds is 2. The van der Waals surface area contributed by atoms with Crippen LogP contribution in [0.2, 0.25) is 0 Å². The molecule has 0 aliphatic rings. The van der Waals surface area contributed by atoms with E-state index < -0.39 is 0 Å². The zero-order valence-corrected chi connectivity index (χ0v) is 11.4. The van der Waals surface area contributed by atoms with E-state index in [0.717, 1.165) is 2.88 Å². The van der Waals surface area contributed by atoms with Crippen LogP contribution in [0.5, 0.6) is 0 Å². The van der Waals surface area contributed by atoms with Gasteiger partial charge in [0.2, 0.25) is 0 Å². The van der Waals surface area contributed by atoms with Crippen LogP contribution in [0.4, 0.5) is 4.39 Å². The van der Waals surface area contributed by atoms with Crippen LogP contribution in [0.1, 0.15) is 21.5 Å². The third-order valence-corrected chi connectivity index (χ3v) is 4.05. The van der Waals surface area contributed by atoms with E-state index in [-0.39, 0.29) is 11.6 Å². The second-order valence-corrected chi connectivity index (χ2v) is 6.24.